The maximum Gasteiger partial charge on any atom is 0.173 e. The molecule has 0 unspecified atom stereocenters. The fourth-order valence-corrected chi connectivity index (χ4v) is 1.58. The summed E-state index contributed by atoms with van der Waals surface area (Å²) in [7, 11) is 0. The third-order valence-electron chi connectivity index (χ3n) is 1.39. The molecule has 0 aliphatic rings. The lowest BCUT2D eigenvalue weighted by Gasteiger charge is -1.99. The monoisotopic (exact) mass is 168 g/mol. The number of ketones is 1. The molecule has 60 valence electrons. The molecule has 11 heavy (non-hydrogen) atoms. The summed E-state index contributed by atoms with van der Waals surface area (Å²) in [6.07, 6.45) is 0.667. The molecule has 0 radical (unpaired) electrons. The molecular weight excluding hydrogens is 156 g/mol. The third kappa shape index (κ3) is 2.46. The van der Waals surface area contributed by atoms with Crippen molar-refractivity contribution in [3.8, 4) is 0 Å². The SMILES string of the molecule is CC(C)CC(=O)c1cccs1. The molecule has 1 rings (SSSR count). The van der Waals surface area contributed by atoms with Gasteiger partial charge < -0.3 is 0 Å². The van der Waals surface area contributed by atoms with Crippen molar-refractivity contribution in [2.75, 3.05) is 0 Å². The highest BCUT2D eigenvalue weighted by atomic mass is 32.1. The summed E-state index contributed by atoms with van der Waals surface area (Å²) in [5.74, 6) is 0.736. The van der Waals surface area contributed by atoms with E-state index in [1.807, 2.05) is 17.5 Å². The van der Waals surface area contributed by atoms with E-state index in [2.05, 4.69) is 13.8 Å². The van der Waals surface area contributed by atoms with Gasteiger partial charge >= 0.3 is 0 Å². The van der Waals surface area contributed by atoms with Crippen LogP contribution in [0.2, 0.25) is 0 Å². The highest BCUT2D eigenvalue weighted by Gasteiger charge is 2.07. The van der Waals surface area contributed by atoms with Gasteiger partial charge in [-0.15, -0.1) is 11.3 Å². The highest BCUT2D eigenvalue weighted by molar-refractivity contribution is 7.12. The zero-order valence-corrected chi connectivity index (χ0v) is 7.65. The molecule has 0 bridgehead atoms. The topological polar surface area (TPSA) is 17.1 Å². The fourth-order valence-electron chi connectivity index (χ4n) is 0.909. The molecule has 0 aromatic carbocycles. The molecule has 0 aliphatic heterocycles. The van der Waals surface area contributed by atoms with E-state index in [0.29, 0.717) is 12.3 Å². The molecule has 1 heterocycles. The fraction of sp³-hybridized carbons (Fsp3) is 0.444. The van der Waals surface area contributed by atoms with Crippen LogP contribution in [0.5, 0.6) is 0 Å². The smallest absolute Gasteiger partial charge is 0.173 e. The van der Waals surface area contributed by atoms with E-state index < -0.39 is 0 Å². The van der Waals surface area contributed by atoms with Crippen LogP contribution >= 0.6 is 11.3 Å². The number of Topliss-reactive ketones (excluding diaryl/α,β-unsaturated/α-hetero) is 1. The molecule has 2 heteroatoms. The molecule has 0 atom stereocenters. The number of hydrogen-bond acceptors (Lipinski definition) is 2. The van der Waals surface area contributed by atoms with E-state index in [-0.39, 0.29) is 5.78 Å². The van der Waals surface area contributed by atoms with Crippen LogP contribution in [0.4, 0.5) is 0 Å². The molecular formula is C9H12OS. The summed E-state index contributed by atoms with van der Waals surface area (Å²) in [6, 6.07) is 3.80. The average Bonchev–Trinajstić information content (AvgIpc) is 2.35. The van der Waals surface area contributed by atoms with Crippen molar-refractivity contribution in [3.63, 3.8) is 0 Å². The summed E-state index contributed by atoms with van der Waals surface area (Å²) in [4.78, 5) is 12.2. The number of carbonyl (C=O) groups excluding carboxylic acids is 1. The summed E-state index contributed by atoms with van der Waals surface area (Å²) < 4.78 is 0. The zero-order valence-electron chi connectivity index (χ0n) is 6.83. The van der Waals surface area contributed by atoms with Crippen LogP contribution < -0.4 is 0 Å². The van der Waals surface area contributed by atoms with Crippen LogP contribution in [0, 0.1) is 5.92 Å². The van der Waals surface area contributed by atoms with Gasteiger partial charge in [-0.2, -0.15) is 0 Å². The van der Waals surface area contributed by atoms with Crippen LogP contribution in [0.15, 0.2) is 17.5 Å². The standard InChI is InChI=1S/C9H12OS/c1-7(2)6-8(10)9-4-3-5-11-9/h3-5,7H,6H2,1-2H3. The van der Waals surface area contributed by atoms with E-state index in [9.17, 15) is 4.79 Å². The van der Waals surface area contributed by atoms with Gasteiger partial charge in [0, 0.05) is 6.42 Å². The molecule has 1 nitrogen and oxygen atoms in total. The van der Waals surface area contributed by atoms with Crippen molar-refractivity contribution < 1.29 is 4.79 Å². The second-order valence-electron chi connectivity index (χ2n) is 3.00. The van der Waals surface area contributed by atoms with Crippen molar-refractivity contribution in [3.05, 3.63) is 22.4 Å². The van der Waals surface area contributed by atoms with E-state index >= 15 is 0 Å². The van der Waals surface area contributed by atoms with Crippen molar-refractivity contribution in [2.24, 2.45) is 5.92 Å². The van der Waals surface area contributed by atoms with Gasteiger partial charge in [-0.1, -0.05) is 19.9 Å². The van der Waals surface area contributed by atoms with E-state index in [4.69, 9.17) is 0 Å². The maximum absolute atomic E-state index is 11.3. The lowest BCUT2D eigenvalue weighted by Crippen LogP contribution is -2.00. The highest BCUT2D eigenvalue weighted by Crippen LogP contribution is 2.13. The lowest BCUT2D eigenvalue weighted by atomic mass is 10.1. The Morgan fingerprint density at radius 1 is 1.64 bits per heavy atom. The molecule has 0 aliphatic carbocycles. The minimum atomic E-state index is 0.273. The molecule has 1 aromatic rings. The zero-order chi connectivity index (χ0) is 8.27. The van der Waals surface area contributed by atoms with Crippen LogP contribution in [0.3, 0.4) is 0 Å². The van der Waals surface area contributed by atoms with Crippen LogP contribution in [0.25, 0.3) is 0 Å². The number of carbonyl (C=O) groups is 1. The van der Waals surface area contributed by atoms with Crippen LogP contribution in [-0.4, -0.2) is 5.78 Å². The minimum Gasteiger partial charge on any atom is -0.293 e. The second kappa shape index (κ2) is 3.67. The molecule has 0 N–H and O–H groups in total. The molecule has 0 saturated heterocycles. The Labute approximate surface area is 71.1 Å². The van der Waals surface area contributed by atoms with E-state index in [1.54, 1.807) is 0 Å². The van der Waals surface area contributed by atoms with Gasteiger partial charge in [0.05, 0.1) is 4.88 Å². The van der Waals surface area contributed by atoms with E-state index in [0.717, 1.165) is 4.88 Å². The first kappa shape index (κ1) is 8.47. The van der Waals surface area contributed by atoms with Gasteiger partial charge in [0.1, 0.15) is 0 Å². The summed E-state index contributed by atoms with van der Waals surface area (Å²) >= 11 is 1.52. The van der Waals surface area contributed by atoms with Crippen molar-refractivity contribution >= 4 is 17.1 Å². The van der Waals surface area contributed by atoms with Crippen LogP contribution in [0.1, 0.15) is 29.9 Å². The molecule has 0 amide bonds. The number of rotatable bonds is 3. The van der Waals surface area contributed by atoms with Gasteiger partial charge in [-0.3, -0.25) is 4.79 Å². The first-order chi connectivity index (χ1) is 5.20. The Kier molecular flexibility index (Phi) is 2.83. The van der Waals surface area contributed by atoms with Gasteiger partial charge in [-0.25, -0.2) is 0 Å². The Balaban J connectivity index is 2.57. The summed E-state index contributed by atoms with van der Waals surface area (Å²) in [5, 5.41) is 1.94. The molecule has 0 saturated carbocycles. The molecule has 0 spiro atoms. The Morgan fingerprint density at radius 3 is 2.82 bits per heavy atom. The summed E-state index contributed by atoms with van der Waals surface area (Å²) in [5.41, 5.74) is 0. The maximum atomic E-state index is 11.3. The van der Waals surface area contributed by atoms with Gasteiger partial charge in [0.25, 0.3) is 0 Å². The molecule has 0 fully saturated rings. The Morgan fingerprint density at radius 2 is 2.36 bits per heavy atom. The van der Waals surface area contributed by atoms with E-state index in [1.165, 1.54) is 11.3 Å². The van der Waals surface area contributed by atoms with Crippen molar-refractivity contribution in [1.82, 2.24) is 0 Å². The predicted octanol–water partition coefficient (Wildman–Crippen LogP) is 2.98. The van der Waals surface area contributed by atoms with Gasteiger partial charge in [0.15, 0.2) is 5.78 Å². The first-order valence-corrected chi connectivity index (χ1v) is 4.65. The van der Waals surface area contributed by atoms with Crippen molar-refractivity contribution in [1.29, 1.82) is 0 Å². The van der Waals surface area contributed by atoms with Crippen LogP contribution in [-0.2, 0) is 0 Å². The first-order valence-electron chi connectivity index (χ1n) is 3.77. The predicted molar refractivity (Wildman–Crippen MR) is 48.1 cm³/mol. The average molecular weight is 168 g/mol. The third-order valence-corrected chi connectivity index (χ3v) is 2.30. The van der Waals surface area contributed by atoms with Gasteiger partial charge in [-0.05, 0) is 17.4 Å². The molecule has 1 aromatic heterocycles. The second-order valence-corrected chi connectivity index (χ2v) is 3.95. The number of hydrogen-bond donors (Lipinski definition) is 0. The largest absolute Gasteiger partial charge is 0.293 e. The Bertz CT molecular complexity index is 224. The minimum absolute atomic E-state index is 0.273. The van der Waals surface area contributed by atoms with Crippen molar-refractivity contribution in [2.45, 2.75) is 20.3 Å². The van der Waals surface area contributed by atoms with Gasteiger partial charge in [0.2, 0.25) is 0 Å². The quantitative estimate of drug-likeness (QED) is 0.634. The lowest BCUT2D eigenvalue weighted by molar-refractivity contribution is 0.0972. The Hall–Kier alpha value is -0.630. The summed E-state index contributed by atoms with van der Waals surface area (Å²) in [6.45, 7) is 4.12. The normalized spacial score (nSPS) is 10.5. The number of thiophene rings is 1.